The Kier molecular flexibility index (Phi) is 10.1. The van der Waals surface area contributed by atoms with Crippen LogP contribution in [-0.4, -0.2) is 127 Å². The summed E-state index contributed by atoms with van der Waals surface area (Å²) in [7, 11) is 0. The minimum Gasteiger partial charge on any atom is -0.480 e. The molecular weight excluding hydrogens is 396 g/mol. The first kappa shape index (κ1) is 24.2. The molecule has 1 atom stereocenters. The van der Waals surface area contributed by atoms with Gasteiger partial charge in [-0.05, 0) is 13.0 Å². The highest BCUT2D eigenvalue weighted by atomic mass is 16.6. The zero-order valence-electron chi connectivity index (χ0n) is 17.5. The van der Waals surface area contributed by atoms with Crippen molar-refractivity contribution in [1.82, 2.24) is 19.6 Å². The van der Waals surface area contributed by atoms with Crippen LogP contribution in [0.15, 0.2) is 0 Å². The van der Waals surface area contributed by atoms with Crippen LogP contribution in [0, 0.1) is 0 Å². The normalized spacial score (nSPS) is 24.5. The van der Waals surface area contributed by atoms with Gasteiger partial charge in [-0.3, -0.25) is 29.1 Å². The maximum atomic E-state index is 12.3. The fourth-order valence-electron chi connectivity index (χ4n) is 3.73. The number of hydrogen-bond donors (Lipinski definition) is 1. The minimum atomic E-state index is -0.877. The molecule has 1 N–H and O–H groups in total. The van der Waals surface area contributed by atoms with Crippen molar-refractivity contribution >= 4 is 24.4 Å². The molecule has 0 spiro atoms. The highest BCUT2D eigenvalue weighted by Crippen LogP contribution is 2.16. The number of esters is 2. The summed E-state index contributed by atoms with van der Waals surface area (Å²) in [5.41, 5.74) is 0. The third kappa shape index (κ3) is 7.98. The average Bonchev–Trinajstić information content (AvgIpc) is 2.70. The molecular formula is C19H32N4O7. The molecule has 11 heteroatoms. The summed E-state index contributed by atoms with van der Waals surface area (Å²) in [5.74, 6) is -1.87. The molecule has 2 fully saturated rings. The van der Waals surface area contributed by atoms with Crippen LogP contribution in [-0.2, 0) is 28.7 Å². The number of rotatable bonds is 7. The smallest absolute Gasteiger partial charge is 0.331 e. The standard InChI is InChI=1S/C19H32N4O7/c1-2-20-5-6-21(13-17(25)26)7-8-22(14-29-15-24)10-12-23(11-9-20)16-3-4-18(27)30-19(16)28/h15-16H,2-14H2,1H3,(H,25,26). The van der Waals surface area contributed by atoms with Gasteiger partial charge in [0.1, 0.15) is 12.8 Å². The van der Waals surface area contributed by atoms with Gasteiger partial charge in [0, 0.05) is 58.8 Å². The number of hydrogen-bond acceptors (Lipinski definition) is 10. The van der Waals surface area contributed by atoms with Crippen molar-refractivity contribution in [1.29, 1.82) is 0 Å². The predicted octanol–water partition coefficient (Wildman–Crippen LogP) is -1.32. The van der Waals surface area contributed by atoms with Gasteiger partial charge in [-0.2, -0.15) is 0 Å². The highest BCUT2D eigenvalue weighted by molar-refractivity contribution is 5.91. The van der Waals surface area contributed by atoms with Crippen LogP contribution < -0.4 is 0 Å². The zero-order valence-corrected chi connectivity index (χ0v) is 17.5. The van der Waals surface area contributed by atoms with E-state index in [4.69, 9.17) is 9.47 Å². The molecule has 2 aliphatic heterocycles. The lowest BCUT2D eigenvalue weighted by Crippen LogP contribution is -2.52. The number of ether oxygens (including phenoxy) is 2. The maximum Gasteiger partial charge on any atom is 0.331 e. The molecule has 2 heterocycles. The summed E-state index contributed by atoms with van der Waals surface area (Å²) in [5, 5.41) is 9.19. The number of likely N-dealkylation sites (N-methyl/N-ethyl adjacent to an activating group) is 1. The predicted molar refractivity (Wildman–Crippen MR) is 105 cm³/mol. The topological polar surface area (TPSA) is 120 Å². The van der Waals surface area contributed by atoms with E-state index in [1.165, 1.54) is 0 Å². The summed E-state index contributed by atoms with van der Waals surface area (Å²) in [6.45, 7) is 8.01. The Balaban J connectivity index is 2.11. The molecule has 1 unspecified atom stereocenters. The lowest BCUT2D eigenvalue weighted by Gasteiger charge is -2.36. The van der Waals surface area contributed by atoms with E-state index in [1.807, 2.05) is 21.6 Å². The number of nitrogens with zero attached hydrogens (tertiary/aromatic N) is 4. The molecule has 2 saturated heterocycles. The van der Waals surface area contributed by atoms with Crippen LogP contribution in [0.2, 0.25) is 0 Å². The molecule has 0 saturated carbocycles. The van der Waals surface area contributed by atoms with Crippen molar-refractivity contribution in [3.8, 4) is 0 Å². The van der Waals surface area contributed by atoms with Gasteiger partial charge in [0.05, 0.1) is 6.54 Å². The quantitative estimate of drug-likeness (QED) is 0.295. The Bertz CT molecular complexity index is 603. The van der Waals surface area contributed by atoms with E-state index in [-0.39, 0.29) is 19.7 Å². The molecule has 0 bridgehead atoms. The van der Waals surface area contributed by atoms with Crippen molar-refractivity contribution in [3.05, 3.63) is 0 Å². The van der Waals surface area contributed by atoms with Gasteiger partial charge in [-0.15, -0.1) is 0 Å². The van der Waals surface area contributed by atoms with Gasteiger partial charge in [0.15, 0.2) is 0 Å². The molecule has 2 rings (SSSR count). The van der Waals surface area contributed by atoms with Crippen LogP contribution in [0.4, 0.5) is 0 Å². The minimum absolute atomic E-state index is 0.0476. The molecule has 0 radical (unpaired) electrons. The zero-order chi connectivity index (χ0) is 21.9. The Morgan fingerprint density at radius 2 is 1.67 bits per heavy atom. The van der Waals surface area contributed by atoms with Crippen LogP contribution >= 0.6 is 0 Å². The van der Waals surface area contributed by atoms with Crippen LogP contribution in [0.5, 0.6) is 0 Å². The highest BCUT2D eigenvalue weighted by Gasteiger charge is 2.34. The number of aliphatic carboxylic acids is 1. The van der Waals surface area contributed by atoms with Crippen LogP contribution in [0.1, 0.15) is 19.8 Å². The first-order valence-corrected chi connectivity index (χ1v) is 10.4. The van der Waals surface area contributed by atoms with E-state index in [1.54, 1.807) is 0 Å². The lowest BCUT2D eigenvalue weighted by molar-refractivity contribution is -0.168. The molecule has 170 valence electrons. The summed E-state index contributed by atoms with van der Waals surface area (Å²) >= 11 is 0. The second kappa shape index (κ2) is 12.6. The van der Waals surface area contributed by atoms with Gasteiger partial charge in [-0.25, -0.2) is 4.79 Å². The van der Waals surface area contributed by atoms with Gasteiger partial charge >= 0.3 is 17.9 Å². The van der Waals surface area contributed by atoms with Crippen molar-refractivity contribution in [2.75, 3.05) is 72.2 Å². The van der Waals surface area contributed by atoms with E-state index in [9.17, 15) is 24.3 Å². The molecule has 2 aliphatic rings. The maximum absolute atomic E-state index is 12.3. The van der Waals surface area contributed by atoms with Gasteiger partial charge in [0.2, 0.25) is 0 Å². The first-order valence-electron chi connectivity index (χ1n) is 10.4. The monoisotopic (exact) mass is 428 g/mol. The van der Waals surface area contributed by atoms with Crippen molar-refractivity contribution in [2.24, 2.45) is 0 Å². The third-order valence-corrected chi connectivity index (χ3v) is 5.55. The SMILES string of the molecule is CCN1CCN(CC(=O)O)CCN(COC=O)CCN(C2CCC(=O)OC2=O)CC1. The summed E-state index contributed by atoms with van der Waals surface area (Å²) in [4.78, 5) is 53.6. The largest absolute Gasteiger partial charge is 0.480 e. The number of carboxylic acids is 1. The van der Waals surface area contributed by atoms with E-state index < -0.39 is 23.9 Å². The third-order valence-electron chi connectivity index (χ3n) is 5.55. The number of carboxylic acid groups (broad SMARTS) is 1. The van der Waals surface area contributed by atoms with Crippen molar-refractivity contribution < 1.29 is 33.8 Å². The number of carbonyl (C=O) groups excluding carboxylic acids is 3. The Morgan fingerprint density at radius 3 is 2.27 bits per heavy atom. The second-order valence-corrected chi connectivity index (χ2v) is 7.50. The molecule has 0 aliphatic carbocycles. The Morgan fingerprint density at radius 1 is 1.07 bits per heavy atom. The fraction of sp³-hybridized carbons (Fsp3) is 0.789. The van der Waals surface area contributed by atoms with E-state index >= 15 is 0 Å². The molecule has 30 heavy (non-hydrogen) atoms. The number of carbonyl (C=O) groups is 4. The summed E-state index contributed by atoms with van der Waals surface area (Å²) in [6.07, 6.45) is 0.646. The molecule has 0 amide bonds. The molecule has 11 nitrogen and oxygen atoms in total. The van der Waals surface area contributed by atoms with Crippen LogP contribution in [0.3, 0.4) is 0 Å². The summed E-state index contributed by atoms with van der Waals surface area (Å²) < 4.78 is 9.75. The lowest BCUT2D eigenvalue weighted by atomic mass is 10.1. The molecule has 0 aromatic rings. The molecule has 0 aromatic carbocycles. The molecule has 0 aromatic heterocycles. The second-order valence-electron chi connectivity index (χ2n) is 7.50. The summed E-state index contributed by atoms with van der Waals surface area (Å²) in [6, 6.07) is -0.471. The Labute approximate surface area is 176 Å². The van der Waals surface area contributed by atoms with Crippen molar-refractivity contribution in [3.63, 3.8) is 0 Å². The number of cyclic esters (lactones) is 2. The van der Waals surface area contributed by atoms with E-state index in [0.717, 1.165) is 6.54 Å². The first-order chi connectivity index (χ1) is 14.4. The Hall–Kier alpha value is -2.08. The average molecular weight is 428 g/mol. The van der Waals surface area contributed by atoms with Crippen LogP contribution in [0.25, 0.3) is 0 Å². The van der Waals surface area contributed by atoms with Gasteiger partial charge in [-0.1, -0.05) is 6.92 Å². The van der Waals surface area contributed by atoms with Gasteiger partial charge in [0.25, 0.3) is 6.47 Å². The fourth-order valence-corrected chi connectivity index (χ4v) is 3.73. The van der Waals surface area contributed by atoms with Crippen molar-refractivity contribution in [2.45, 2.75) is 25.8 Å². The van der Waals surface area contributed by atoms with E-state index in [0.29, 0.717) is 65.3 Å². The van der Waals surface area contributed by atoms with Gasteiger partial charge < -0.3 is 19.5 Å². The van der Waals surface area contributed by atoms with E-state index in [2.05, 4.69) is 4.90 Å².